The summed E-state index contributed by atoms with van der Waals surface area (Å²) >= 11 is 12.2. The Bertz CT molecular complexity index is 1380. The number of nitrogens with one attached hydrogen (secondary N) is 1. The zero-order valence-corrected chi connectivity index (χ0v) is 23.4. The Morgan fingerprint density at radius 1 is 1.00 bits per heavy atom. The summed E-state index contributed by atoms with van der Waals surface area (Å²) in [5.41, 5.74) is 1.05. The Kier molecular flexibility index (Phi) is 9.81. The fraction of sp³-hybridized carbons (Fsp3) is 0.333. The first-order valence-corrected chi connectivity index (χ1v) is 14.6. The lowest BCUT2D eigenvalue weighted by molar-refractivity contribution is -0.139. The van der Waals surface area contributed by atoms with E-state index >= 15 is 0 Å². The molecular formula is C27H31Cl2N3O4S. The van der Waals surface area contributed by atoms with Crippen LogP contribution in [-0.2, 0) is 26.2 Å². The first-order chi connectivity index (χ1) is 17.5. The van der Waals surface area contributed by atoms with Gasteiger partial charge in [-0.05, 0) is 42.5 Å². The van der Waals surface area contributed by atoms with E-state index in [9.17, 15) is 18.0 Å². The minimum Gasteiger partial charge on any atom is -0.354 e. The van der Waals surface area contributed by atoms with Crippen molar-refractivity contribution in [1.29, 1.82) is 0 Å². The molecule has 0 spiro atoms. The van der Waals surface area contributed by atoms with Crippen LogP contribution in [0.15, 0.2) is 60.7 Å². The number of rotatable bonds is 11. The molecule has 0 unspecified atom stereocenters. The molecule has 0 bridgehead atoms. The first kappa shape index (κ1) is 28.8. The Balaban J connectivity index is 1.97. The van der Waals surface area contributed by atoms with Crippen LogP contribution in [0.25, 0.3) is 10.8 Å². The molecule has 37 heavy (non-hydrogen) atoms. The van der Waals surface area contributed by atoms with E-state index in [1.807, 2.05) is 37.3 Å². The third-order valence-electron chi connectivity index (χ3n) is 6.05. The lowest BCUT2D eigenvalue weighted by atomic mass is 10.1. The zero-order valence-electron chi connectivity index (χ0n) is 21.1. The van der Waals surface area contributed by atoms with Crippen LogP contribution in [0.5, 0.6) is 0 Å². The number of hydrogen-bond donors (Lipinski definition) is 1. The molecule has 0 saturated carbocycles. The van der Waals surface area contributed by atoms with E-state index in [2.05, 4.69) is 5.32 Å². The average molecular weight is 565 g/mol. The fourth-order valence-corrected chi connectivity index (χ4v) is 5.16. The van der Waals surface area contributed by atoms with Crippen LogP contribution < -0.4 is 9.62 Å². The topological polar surface area (TPSA) is 86.8 Å². The molecule has 3 aromatic rings. The van der Waals surface area contributed by atoms with E-state index in [-0.39, 0.29) is 12.5 Å². The summed E-state index contributed by atoms with van der Waals surface area (Å²) in [5.74, 6) is -0.847. The highest BCUT2D eigenvalue weighted by molar-refractivity contribution is 7.92. The average Bonchev–Trinajstić information content (AvgIpc) is 2.86. The van der Waals surface area contributed by atoms with Gasteiger partial charge in [0.1, 0.15) is 12.6 Å². The Morgan fingerprint density at radius 2 is 1.70 bits per heavy atom. The highest BCUT2D eigenvalue weighted by atomic mass is 35.5. The van der Waals surface area contributed by atoms with Crippen molar-refractivity contribution in [3.05, 3.63) is 76.3 Å². The minimum absolute atomic E-state index is 0.0469. The van der Waals surface area contributed by atoms with Crippen molar-refractivity contribution in [1.82, 2.24) is 10.2 Å². The largest absolute Gasteiger partial charge is 0.354 e. The Morgan fingerprint density at radius 3 is 2.38 bits per heavy atom. The zero-order chi connectivity index (χ0) is 27.2. The SMILES string of the molecule is CCCCNC(=O)[C@@H](C)N(Cc1ccc(Cl)c(Cl)c1)C(=O)CN(c1cccc2ccccc12)S(C)(=O)=O. The summed E-state index contributed by atoms with van der Waals surface area (Å²) in [7, 11) is -3.84. The molecule has 0 saturated heterocycles. The van der Waals surface area contributed by atoms with E-state index in [1.54, 1.807) is 37.3 Å². The monoisotopic (exact) mass is 563 g/mol. The van der Waals surface area contributed by atoms with Crippen LogP contribution in [-0.4, -0.2) is 50.5 Å². The van der Waals surface area contributed by atoms with Crippen molar-refractivity contribution in [3.8, 4) is 0 Å². The number of sulfonamides is 1. The summed E-state index contributed by atoms with van der Waals surface area (Å²) in [6, 6.07) is 16.8. The molecule has 2 amide bonds. The molecule has 0 aliphatic carbocycles. The van der Waals surface area contributed by atoms with Gasteiger partial charge in [0.15, 0.2) is 0 Å². The van der Waals surface area contributed by atoms with Gasteiger partial charge < -0.3 is 10.2 Å². The Labute approximate surface area is 228 Å². The van der Waals surface area contributed by atoms with Gasteiger partial charge in [0.05, 0.1) is 22.0 Å². The van der Waals surface area contributed by atoms with Crippen LogP contribution in [0.4, 0.5) is 5.69 Å². The molecule has 0 fully saturated rings. The van der Waals surface area contributed by atoms with Gasteiger partial charge in [-0.25, -0.2) is 8.42 Å². The van der Waals surface area contributed by atoms with Gasteiger partial charge in [0.2, 0.25) is 21.8 Å². The van der Waals surface area contributed by atoms with Crippen LogP contribution in [0.1, 0.15) is 32.3 Å². The number of unbranched alkanes of at least 4 members (excludes halogenated alkanes) is 1. The summed E-state index contributed by atoms with van der Waals surface area (Å²) in [4.78, 5) is 28.0. The highest BCUT2D eigenvalue weighted by Gasteiger charge is 2.30. The second kappa shape index (κ2) is 12.6. The number of fused-ring (bicyclic) bond motifs is 1. The van der Waals surface area contributed by atoms with E-state index in [4.69, 9.17) is 23.2 Å². The van der Waals surface area contributed by atoms with Gasteiger partial charge >= 0.3 is 0 Å². The Hall–Kier alpha value is -2.81. The van der Waals surface area contributed by atoms with Gasteiger partial charge in [-0.3, -0.25) is 13.9 Å². The number of hydrogen-bond acceptors (Lipinski definition) is 4. The van der Waals surface area contributed by atoms with E-state index < -0.39 is 28.5 Å². The molecule has 0 aliphatic rings. The molecule has 10 heteroatoms. The molecule has 0 radical (unpaired) electrons. The molecule has 3 rings (SSSR count). The second-order valence-corrected chi connectivity index (χ2v) is 11.6. The lowest BCUT2D eigenvalue weighted by Gasteiger charge is -2.32. The molecular weight excluding hydrogens is 533 g/mol. The maximum Gasteiger partial charge on any atom is 0.244 e. The number of anilines is 1. The third kappa shape index (κ3) is 7.37. The van der Waals surface area contributed by atoms with E-state index in [0.29, 0.717) is 33.2 Å². The first-order valence-electron chi connectivity index (χ1n) is 12.0. The van der Waals surface area contributed by atoms with Gasteiger partial charge in [-0.15, -0.1) is 0 Å². The van der Waals surface area contributed by atoms with Crippen molar-refractivity contribution >= 4 is 61.5 Å². The maximum absolute atomic E-state index is 13.7. The predicted octanol–water partition coefficient (Wildman–Crippen LogP) is 5.25. The molecule has 1 atom stereocenters. The summed E-state index contributed by atoms with van der Waals surface area (Å²) in [6.07, 6.45) is 2.78. The molecule has 1 N–H and O–H groups in total. The van der Waals surface area contributed by atoms with Gasteiger partial charge in [0, 0.05) is 18.5 Å². The normalized spacial score (nSPS) is 12.2. The van der Waals surface area contributed by atoms with Crippen molar-refractivity contribution < 1.29 is 18.0 Å². The highest BCUT2D eigenvalue weighted by Crippen LogP contribution is 2.29. The predicted molar refractivity (Wildman–Crippen MR) is 151 cm³/mol. The summed E-state index contributed by atoms with van der Waals surface area (Å²) in [5, 5.41) is 5.08. The summed E-state index contributed by atoms with van der Waals surface area (Å²) in [6.45, 7) is 3.70. The van der Waals surface area contributed by atoms with Crippen LogP contribution in [0, 0.1) is 0 Å². The van der Waals surface area contributed by atoms with Crippen LogP contribution in [0.3, 0.4) is 0 Å². The number of halogens is 2. The fourth-order valence-electron chi connectivity index (χ4n) is 3.97. The van der Waals surface area contributed by atoms with Crippen LogP contribution >= 0.6 is 23.2 Å². The third-order valence-corrected chi connectivity index (χ3v) is 7.91. The maximum atomic E-state index is 13.7. The standard InChI is InChI=1S/C27H31Cl2N3O4S/c1-4-5-15-30-27(34)19(2)31(17-20-13-14-23(28)24(29)16-20)26(33)18-32(37(3,35)36)25-12-8-10-21-9-6-7-11-22(21)25/h6-14,16,19H,4-5,15,17-18H2,1-3H3,(H,30,34)/t19-/m1/s1. The molecule has 198 valence electrons. The van der Waals surface area contributed by atoms with Crippen molar-refractivity contribution in [3.63, 3.8) is 0 Å². The number of carbonyl (C=O) groups excluding carboxylic acids is 2. The number of amides is 2. The number of benzene rings is 3. The van der Waals surface area contributed by atoms with E-state index in [0.717, 1.165) is 28.8 Å². The molecule has 0 aromatic heterocycles. The minimum atomic E-state index is -3.84. The second-order valence-electron chi connectivity index (χ2n) is 8.86. The van der Waals surface area contributed by atoms with Gasteiger partial charge in [-0.1, -0.05) is 79.0 Å². The molecule has 7 nitrogen and oxygen atoms in total. The smallest absolute Gasteiger partial charge is 0.244 e. The number of carbonyl (C=O) groups is 2. The quantitative estimate of drug-likeness (QED) is 0.323. The van der Waals surface area contributed by atoms with Gasteiger partial charge in [-0.2, -0.15) is 0 Å². The molecule has 3 aromatic carbocycles. The number of nitrogens with zero attached hydrogens (tertiary/aromatic N) is 2. The van der Waals surface area contributed by atoms with Crippen molar-refractivity contribution in [2.75, 3.05) is 23.7 Å². The van der Waals surface area contributed by atoms with Crippen molar-refractivity contribution in [2.45, 2.75) is 39.3 Å². The van der Waals surface area contributed by atoms with E-state index in [1.165, 1.54) is 4.90 Å². The molecule has 0 aliphatic heterocycles. The summed E-state index contributed by atoms with van der Waals surface area (Å²) < 4.78 is 26.9. The van der Waals surface area contributed by atoms with Gasteiger partial charge in [0.25, 0.3) is 0 Å². The van der Waals surface area contributed by atoms with Crippen LogP contribution in [0.2, 0.25) is 10.0 Å². The lowest BCUT2D eigenvalue weighted by Crippen LogP contribution is -2.51. The van der Waals surface area contributed by atoms with Crippen molar-refractivity contribution in [2.24, 2.45) is 0 Å². The molecule has 0 heterocycles.